The van der Waals surface area contributed by atoms with E-state index in [4.69, 9.17) is 11.0 Å². The molecule has 0 aliphatic carbocycles. The van der Waals surface area contributed by atoms with Gasteiger partial charge in [0.2, 0.25) is 5.96 Å². The first-order valence-corrected chi connectivity index (χ1v) is 5.23. The highest BCUT2D eigenvalue weighted by molar-refractivity contribution is 5.86. The van der Waals surface area contributed by atoms with E-state index < -0.39 is 0 Å². The average Bonchev–Trinajstić information content (AvgIpc) is 2.36. The lowest BCUT2D eigenvalue weighted by atomic mass is 10.1. The number of fused-ring (bicyclic) bond motifs is 1. The number of guanidine groups is 1. The zero-order chi connectivity index (χ0) is 12.1. The van der Waals surface area contributed by atoms with Gasteiger partial charge in [0.15, 0.2) is 6.19 Å². The highest BCUT2D eigenvalue weighted by atomic mass is 15.1. The molecule has 0 spiro atoms. The van der Waals surface area contributed by atoms with Gasteiger partial charge in [-0.05, 0) is 16.3 Å². The van der Waals surface area contributed by atoms with Crippen molar-refractivity contribution < 1.29 is 0 Å². The minimum Gasteiger partial charge on any atom is -0.369 e. The van der Waals surface area contributed by atoms with Gasteiger partial charge in [-0.3, -0.25) is 5.32 Å². The van der Waals surface area contributed by atoms with Gasteiger partial charge in [0.05, 0.1) is 6.54 Å². The van der Waals surface area contributed by atoms with Crippen molar-refractivity contribution in [1.82, 2.24) is 5.32 Å². The molecule has 84 valence electrons. The monoisotopic (exact) mass is 224 g/mol. The zero-order valence-electron chi connectivity index (χ0n) is 9.22. The van der Waals surface area contributed by atoms with Gasteiger partial charge in [-0.1, -0.05) is 42.5 Å². The number of aliphatic imine (C=N–C) groups is 1. The van der Waals surface area contributed by atoms with Gasteiger partial charge in [0.25, 0.3) is 0 Å². The topological polar surface area (TPSA) is 74.2 Å². The second kappa shape index (κ2) is 4.99. The Bertz CT molecular complexity index is 590. The summed E-state index contributed by atoms with van der Waals surface area (Å²) in [6.07, 6.45) is 1.74. The largest absolute Gasteiger partial charge is 0.369 e. The fraction of sp³-hybridized carbons (Fsp3) is 0.0769. The molecule has 0 aliphatic heterocycles. The number of nitriles is 1. The van der Waals surface area contributed by atoms with Gasteiger partial charge in [-0.25, -0.2) is 4.99 Å². The van der Waals surface area contributed by atoms with Crippen LogP contribution in [0.1, 0.15) is 5.56 Å². The Morgan fingerprint density at radius 1 is 1.24 bits per heavy atom. The minimum atomic E-state index is 0.139. The second-order valence-electron chi connectivity index (χ2n) is 3.58. The van der Waals surface area contributed by atoms with Crippen molar-refractivity contribution in [2.24, 2.45) is 10.7 Å². The van der Waals surface area contributed by atoms with Crippen LogP contribution in [0.2, 0.25) is 0 Å². The van der Waals surface area contributed by atoms with Gasteiger partial charge in [0, 0.05) is 0 Å². The van der Waals surface area contributed by atoms with Gasteiger partial charge >= 0.3 is 0 Å². The van der Waals surface area contributed by atoms with E-state index in [0.717, 1.165) is 10.9 Å². The molecule has 2 aromatic carbocycles. The lowest BCUT2D eigenvalue weighted by molar-refractivity contribution is 1.04. The molecular formula is C13H12N4. The third-order valence-corrected chi connectivity index (χ3v) is 2.48. The minimum absolute atomic E-state index is 0.139. The van der Waals surface area contributed by atoms with E-state index in [2.05, 4.69) is 22.4 Å². The number of nitrogens with one attached hydrogen (secondary N) is 1. The zero-order valence-corrected chi connectivity index (χ0v) is 9.22. The number of nitrogens with zero attached hydrogens (tertiary/aromatic N) is 2. The molecule has 3 N–H and O–H groups in total. The van der Waals surface area contributed by atoms with E-state index in [0.29, 0.717) is 6.54 Å². The Labute approximate surface area is 99.4 Å². The van der Waals surface area contributed by atoms with Crippen LogP contribution in [-0.4, -0.2) is 5.96 Å². The molecule has 0 aliphatic rings. The SMILES string of the molecule is N#CNC(N)=NCc1cccc2ccccc12. The molecule has 0 fully saturated rings. The quantitative estimate of drug-likeness (QED) is 0.353. The first-order chi connectivity index (χ1) is 8.31. The summed E-state index contributed by atoms with van der Waals surface area (Å²) in [5.41, 5.74) is 6.58. The maximum Gasteiger partial charge on any atom is 0.202 e. The molecule has 0 atom stereocenters. The Kier molecular flexibility index (Phi) is 3.22. The summed E-state index contributed by atoms with van der Waals surface area (Å²) in [5.74, 6) is 0.139. The molecule has 0 heterocycles. The molecule has 0 saturated carbocycles. The first kappa shape index (κ1) is 11.0. The lowest BCUT2D eigenvalue weighted by Gasteiger charge is -2.04. The van der Waals surface area contributed by atoms with Gasteiger partial charge < -0.3 is 5.73 Å². The molecular weight excluding hydrogens is 212 g/mol. The van der Waals surface area contributed by atoms with Crippen LogP contribution in [0, 0.1) is 11.5 Å². The summed E-state index contributed by atoms with van der Waals surface area (Å²) in [4.78, 5) is 4.10. The Balaban J connectivity index is 2.31. The molecule has 2 rings (SSSR count). The van der Waals surface area contributed by atoms with Gasteiger partial charge in [0.1, 0.15) is 0 Å². The summed E-state index contributed by atoms with van der Waals surface area (Å²) in [6, 6.07) is 14.1. The number of nitrogens with two attached hydrogens (primary N) is 1. The number of hydrogen-bond acceptors (Lipinski definition) is 2. The van der Waals surface area contributed by atoms with E-state index in [1.54, 1.807) is 6.19 Å². The van der Waals surface area contributed by atoms with Crippen LogP contribution in [-0.2, 0) is 6.54 Å². The molecule has 0 amide bonds. The van der Waals surface area contributed by atoms with Crippen LogP contribution in [0.4, 0.5) is 0 Å². The van der Waals surface area contributed by atoms with Crippen LogP contribution in [0.15, 0.2) is 47.5 Å². The molecule has 4 nitrogen and oxygen atoms in total. The fourth-order valence-electron chi connectivity index (χ4n) is 1.70. The van der Waals surface area contributed by atoms with Crippen molar-refractivity contribution in [2.75, 3.05) is 0 Å². The molecule has 17 heavy (non-hydrogen) atoms. The van der Waals surface area contributed by atoms with Gasteiger partial charge in [-0.2, -0.15) is 5.26 Å². The van der Waals surface area contributed by atoms with Crippen LogP contribution < -0.4 is 11.1 Å². The Hall–Kier alpha value is -2.54. The third kappa shape index (κ3) is 2.52. The third-order valence-electron chi connectivity index (χ3n) is 2.48. The summed E-state index contributed by atoms with van der Waals surface area (Å²) >= 11 is 0. The highest BCUT2D eigenvalue weighted by Gasteiger charge is 1.99. The van der Waals surface area contributed by atoms with Crippen molar-refractivity contribution in [3.8, 4) is 6.19 Å². The van der Waals surface area contributed by atoms with E-state index in [-0.39, 0.29) is 5.96 Å². The Morgan fingerprint density at radius 3 is 2.82 bits per heavy atom. The predicted octanol–water partition coefficient (Wildman–Crippen LogP) is 1.73. The van der Waals surface area contributed by atoms with Gasteiger partial charge in [-0.15, -0.1) is 0 Å². The molecule has 0 radical (unpaired) electrons. The highest BCUT2D eigenvalue weighted by Crippen LogP contribution is 2.18. The van der Waals surface area contributed by atoms with Crippen molar-refractivity contribution in [3.63, 3.8) is 0 Å². The summed E-state index contributed by atoms with van der Waals surface area (Å²) in [5, 5.41) is 13.0. The van der Waals surface area contributed by atoms with E-state index >= 15 is 0 Å². The fourth-order valence-corrected chi connectivity index (χ4v) is 1.70. The Morgan fingerprint density at radius 2 is 2.00 bits per heavy atom. The van der Waals surface area contributed by atoms with Crippen molar-refractivity contribution >= 4 is 16.7 Å². The van der Waals surface area contributed by atoms with Crippen molar-refractivity contribution in [1.29, 1.82) is 5.26 Å². The number of rotatable bonds is 2. The number of hydrogen-bond donors (Lipinski definition) is 2. The van der Waals surface area contributed by atoms with Crippen LogP contribution in [0.25, 0.3) is 10.8 Å². The lowest BCUT2D eigenvalue weighted by Crippen LogP contribution is -2.27. The van der Waals surface area contributed by atoms with E-state index in [1.807, 2.05) is 30.3 Å². The smallest absolute Gasteiger partial charge is 0.202 e. The maximum atomic E-state index is 8.38. The number of benzene rings is 2. The normalized spacial score (nSPS) is 11.1. The predicted molar refractivity (Wildman–Crippen MR) is 68.0 cm³/mol. The van der Waals surface area contributed by atoms with Crippen LogP contribution in [0.5, 0.6) is 0 Å². The van der Waals surface area contributed by atoms with E-state index in [9.17, 15) is 0 Å². The molecule has 0 bridgehead atoms. The van der Waals surface area contributed by atoms with E-state index in [1.165, 1.54) is 5.39 Å². The second-order valence-corrected chi connectivity index (χ2v) is 3.58. The summed E-state index contributed by atoms with van der Waals surface area (Å²) in [7, 11) is 0. The standard InChI is InChI=1S/C13H12N4/c14-9-17-13(15)16-8-11-6-3-5-10-4-1-2-7-12(10)11/h1-7H,8H2,(H3,15,16,17). The average molecular weight is 224 g/mol. The molecule has 4 heteroatoms. The molecule has 0 saturated heterocycles. The summed E-state index contributed by atoms with van der Waals surface area (Å²) < 4.78 is 0. The molecule has 2 aromatic rings. The first-order valence-electron chi connectivity index (χ1n) is 5.23. The summed E-state index contributed by atoms with van der Waals surface area (Å²) in [6.45, 7) is 0.460. The van der Waals surface area contributed by atoms with Crippen LogP contribution in [0.3, 0.4) is 0 Å². The maximum absolute atomic E-state index is 8.38. The molecule has 0 aromatic heterocycles. The van der Waals surface area contributed by atoms with Crippen LogP contribution >= 0.6 is 0 Å². The molecule has 0 unspecified atom stereocenters. The van der Waals surface area contributed by atoms with Crippen molar-refractivity contribution in [3.05, 3.63) is 48.0 Å². The van der Waals surface area contributed by atoms with Crippen molar-refractivity contribution in [2.45, 2.75) is 6.54 Å².